The summed E-state index contributed by atoms with van der Waals surface area (Å²) in [5.74, 6) is 1.55. The van der Waals surface area contributed by atoms with Crippen LogP contribution in [0, 0.1) is 0 Å². The van der Waals surface area contributed by atoms with Crippen molar-refractivity contribution in [2.75, 3.05) is 7.11 Å². The van der Waals surface area contributed by atoms with Crippen LogP contribution in [0.1, 0.15) is 23.0 Å². The molecule has 0 radical (unpaired) electrons. The first-order valence-corrected chi connectivity index (χ1v) is 6.33. The van der Waals surface area contributed by atoms with Crippen molar-refractivity contribution in [3.05, 3.63) is 47.8 Å². The molecule has 102 valence electrons. The second kappa shape index (κ2) is 6.24. The molecule has 20 heavy (non-hydrogen) atoms. The number of Topliss-reactive ketones (excluding diaryl/α,β-unsaturated/α-hetero) is 1. The Morgan fingerprint density at radius 1 is 1.30 bits per heavy atom. The zero-order chi connectivity index (χ0) is 14.5. The summed E-state index contributed by atoms with van der Waals surface area (Å²) in [5, 5.41) is 0. The van der Waals surface area contributed by atoms with E-state index in [1.54, 1.807) is 32.4 Å². The maximum absolute atomic E-state index is 11.3. The predicted octanol–water partition coefficient (Wildman–Crippen LogP) is 1.13. The molecule has 0 aliphatic carbocycles. The van der Waals surface area contributed by atoms with E-state index >= 15 is 0 Å². The average molecular weight is 269 g/mol. The highest BCUT2D eigenvalue weighted by Crippen LogP contribution is 2.14. The van der Waals surface area contributed by atoms with Crippen LogP contribution in [0.2, 0.25) is 0 Å². The Kier molecular flexibility index (Phi) is 4.40. The highest BCUT2D eigenvalue weighted by atomic mass is 16.5. The van der Waals surface area contributed by atoms with Crippen molar-refractivity contribution in [3.8, 4) is 11.5 Å². The molecule has 0 aliphatic rings. The van der Waals surface area contributed by atoms with Crippen LogP contribution in [0.15, 0.2) is 36.5 Å². The Bertz CT molecular complexity index is 628. The SMILES string of the molecule is Bc1cc(C(C)=O)ccc1OCc1cc(OC)ccn1. The second-order valence-corrected chi connectivity index (χ2v) is 4.51. The number of ketones is 1. The fourth-order valence-electron chi connectivity index (χ4n) is 1.84. The summed E-state index contributed by atoms with van der Waals surface area (Å²) in [5.41, 5.74) is 2.41. The van der Waals surface area contributed by atoms with Crippen molar-refractivity contribution < 1.29 is 14.3 Å². The Morgan fingerprint density at radius 3 is 2.75 bits per heavy atom. The van der Waals surface area contributed by atoms with Gasteiger partial charge in [-0.1, -0.05) is 6.07 Å². The monoisotopic (exact) mass is 269 g/mol. The summed E-state index contributed by atoms with van der Waals surface area (Å²) in [6, 6.07) is 9.03. The third kappa shape index (κ3) is 3.38. The van der Waals surface area contributed by atoms with E-state index < -0.39 is 0 Å². The highest BCUT2D eigenvalue weighted by molar-refractivity contribution is 6.34. The number of hydrogen-bond donors (Lipinski definition) is 0. The molecule has 0 atom stereocenters. The summed E-state index contributed by atoms with van der Waals surface area (Å²) in [6.07, 6.45) is 1.68. The van der Waals surface area contributed by atoms with Gasteiger partial charge in [-0.3, -0.25) is 9.78 Å². The minimum atomic E-state index is 0.0501. The minimum Gasteiger partial charge on any atom is -0.497 e. The maximum atomic E-state index is 11.3. The molecule has 5 heteroatoms. The minimum absolute atomic E-state index is 0.0501. The van der Waals surface area contributed by atoms with Crippen molar-refractivity contribution in [1.29, 1.82) is 0 Å². The van der Waals surface area contributed by atoms with Gasteiger partial charge in [0, 0.05) is 17.8 Å². The Balaban J connectivity index is 2.08. The van der Waals surface area contributed by atoms with Crippen molar-refractivity contribution in [2.45, 2.75) is 13.5 Å². The number of benzene rings is 1. The Labute approximate surface area is 119 Å². The van der Waals surface area contributed by atoms with Gasteiger partial charge in [0.2, 0.25) is 0 Å². The number of nitrogens with zero attached hydrogens (tertiary/aromatic N) is 1. The topological polar surface area (TPSA) is 48.4 Å². The molecular weight excluding hydrogens is 253 g/mol. The number of carbonyl (C=O) groups is 1. The summed E-state index contributed by atoms with van der Waals surface area (Å²) < 4.78 is 10.9. The first kappa shape index (κ1) is 14.1. The number of rotatable bonds is 5. The summed E-state index contributed by atoms with van der Waals surface area (Å²) in [6.45, 7) is 1.91. The first-order valence-electron chi connectivity index (χ1n) is 6.33. The van der Waals surface area contributed by atoms with E-state index in [0.29, 0.717) is 12.2 Å². The zero-order valence-corrected chi connectivity index (χ0v) is 11.8. The van der Waals surface area contributed by atoms with Gasteiger partial charge in [-0.15, -0.1) is 0 Å². The van der Waals surface area contributed by atoms with Crippen LogP contribution < -0.4 is 14.9 Å². The lowest BCUT2D eigenvalue weighted by atomic mass is 9.92. The summed E-state index contributed by atoms with van der Waals surface area (Å²) in [7, 11) is 3.53. The van der Waals surface area contributed by atoms with Crippen molar-refractivity contribution in [3.63, 3.8) is 0 Å². The molecule has 0 unspecified atom stereocenters. The number of aromatic nitrogens is 1. The molecule has 0 fully saturated rings. The number of methoxy groups -OCH3 is 1. The number of carbonyl (C=O) groups excluding carboxylic acids is 1. The lowest BCUT2D eigenvalue weighted by Crippen LogP contribution is -2.12. The van der Waals surface area contributed by atoms with Crippen molar-refractivity contribution in [2.24, 2.45) is 0 Å². The van der Waals surface area contributed by atoms with Crippen LogP contribution in [0.5, 0.6) is 11.5 Å². The van der Waals surface area contributed by atoms with Gasteiger partial charge in [0.25, 0.3) is 0 Å². The molecule has 0 N–H and O–H groups in total. The molecular formula is C15H16BNO3. The van der Waals surface area contributed by atoms with Crippen LogP contribution in [0.25, 0.3) is 0 Å². The van der Waals surface area contributed by atoms with Gasteiger partial charge in [0.1, 0.15) is 26.0 Å². The van der Waals surface area contributed by atoms with Gasteiger partial charge in [-0.2, -0.15) is 0 Å². The number of ether oxygens (including phenoxy) is 2. The van der Waals surface area contributed by atoms with E-state index in [1.165, 1.54) is 0 Å². The van der Waals surface area contributed by atoms with Crippen molar-refractivity contribution >= 4 is 19.1 Å². The third-order valence-corrected chi connectivity index (χ3v) is 2.98. The molecule has 2 aromatic rings. The van der Waals surface area contributed by atoms with E-state index in [2.05, 4.69) is 4.98 Å². The molecule has 1 aromatic carbocycles. The molecule has 0 amide bonds. The van der Waals surface area contributed by atoms with Crippen LogP contribution in [0.4, 0.5) is 0 Å². The van der Waals surface area contributed by atoms with Gasteiger partial charge >= 0.3 is 0 Å². The molecule has 0 spiro atoms. The quantitative estimate of drug-likeness (QED) is 0.603. The Hall–Kier alpha value is -2.30. The molecule has 4 nitrogen and oxygen atoms in total. The number of pyridine rings is 1. The maximum Gasteiger partial charge on any atom is 0.159 e. The van der Waals surface area contributed by atoms with Crippen LogP contribution in [0.3, 0.4) is 0 Å². The van der Waals surface area contributed by atoms with Crippen molar-refractivity contribution in [1.82, 2.24) is 4.98 Å². The zero-order valence-electron chi connectivity index (χ0n) is 11.8. The van der Waals surface area contributed by atoms with Gasteiger partial charge in [0.05, 0.1) is 12.8 Å². The second-order valence-electron chi connectivity index (χ2n) is 4.51. The van der Waals surface area contributed by atoms with Crippen LogP contribution in [-0.2, 0) is 6.61 Å². The lowest BCUT2D eigenvalue weighted by molar-refractivity contribution is 0.101. The third-order valence-electron chi connectivity index (χ3n) is 2.98. The predicted molar refractivity (Wildman–Crippen MR) is 79.7 cm³/mol. The van der Waals surface area contributed by atoms with E-state index in [1.807, 2.05) is 26.0 Å². The molecule has 2 rings (SSSR count). The normalized spacial score (nSPS) is 10.1. The van der Waals surface area contributed by atoms with Crippen LogP contribution >= 0.6 is 0 Å². The summed E-state index contributed by atoms with van der Waals surface area (Å²) in [4.78, 5) is 15.5. The van der Waals surface area contributed by atoms with E-state index in [9.17, 15) is 4.79 Å². The standard InChI is InChI=1S/C15H16BNO3/c1-10(18)11-3-4-15(14(16)7-11)20-9-12-8-13(19-2)5-6-17-12/h3-8H,9,16H2,1-2H3. The van der Waals surface area contributed by atoms with E-state index in [-0.39, 0.29) is 5.78 Å². The lowest BCUT2D eigenvalue weighted by Gasteiger charge is -2.10. The fraction of sp³-hybridized carbons (Fsp3) is 0.200. The molecule has 1 heterocycles. The van der Waals surface area contributed by atoms with E-state index in [0.717, 1.165) is 22.7 Å². The fourth-order valence-corrected chi connectivity index (χ4v) is 1.84. The Morgan fingerprint density at radius 2 is 2.10 bits per heavy atom. The summed E-state index contributed by atoms with van der Waals surface area (Å²) >= 11 is 0. The van der Waals surface area contributed by atoms with Gasteiger partial charge in [-0.25, -0.2) is 0 Å². The van der Waals surface area contributed by atoms with Crippen LogP contribution in [-0.4, -0.2) is 25.7 Å². The largest absolute Gasteiger partial charge is 0.497 e. The van der Waals surface area contributed by atoms with Gasteiger partial charge in [-0.05, 0) is 30.6 Å². The smallest absolute Gasteiger partial charge is 0.159 e. The molecule has 0 bridgehead atoms. The van der Waals surface area contributed by atoms with E-state index in [4.69, 9.17) is 9.47 Å². The average Bonchev–Trinajstić information content (AvgIpc) is 2.46. The number of hydrogen-bond acceptors (Lipinski definition) is 4. The van der Waals surface area contributed by atoms with Gasteiger partial charge < -0.3 is 9.47 Å². The first-order chi connectivity index (χ1) is 9.60. The molecule has 0 saturated carbocycles. The molecule has 0 saturated heterocycles. The highest BCUT2D eigenvalue weighted by Gasteiger charge is 2.05. The van der Waals surface area contributed by atoms with Gasteiger partial charge in [0.15, 0.2) is 5.78 Å². The molecule has 1 aromatic heterocycles. The molecule has 0 aliphatic heterocycles.